The Labute approximate surface area is 79.7 Å². The zero-order valence-electron chi connectivity index (χ0n) is 8.68. The Kier molecular flexibility index (Phi) is 5.46. The quantitative estimate of drug-likeness (QED) is 0.595. The minimum absolute atomic E-state index is 0.0705. The molecule has 0 spiro atoms. The van der Waals surface area contributed by atoms with Crippen LogP contribution in [0.2, 0.25) is 0 Å². The molecule has 3 N–H and O–H groups in total. The van der Waals surface area contributed by atoms with Gasteiger partial charge in [0.15, 0.2) is 0 Å². The fraction of sp³-hybridized carbons (Fsp3) is 0.889. The maximum atomic E-state index is 11.1. The Hall–Kier alpha value is -0.770. The van der Waals surface area contributed by atoms with E-state index in [0.29, 0.717) is 13.1 Å². The number of carbonyl (C=O) groups is 1. The molecule has 0 aromatic carbocycles. The Bertz CT molecular complexity index is 158. The highest BCUT2D eigenvalue weighted by Gasteiger charge is 2.16. The Morgan fingerprint density at radius 2 is 2.00 bits per heavy atom. The van der Waals surface area contributed by atoms with E-state index in [-0.39, 0.29) is 18.1 Å². The number of aliphatic hydroxyl groups excluding tert-OH is 1. The lowest BCUT2D eigenvalue weighted by Crippen LogP contribution is -2.42. The third-order valence-electron chi connectivity index (χ3n) is 1.69. The Morgan fingerprint density at radius 3 is 2.46 bits per heavy atom. The zero-order chi connectivity index (χ0) is 10.3. The summed E-state index contributed by atoms with van der Waals surface area (Å²) in [6.45, 7) is 7.03. The Balaban J connectivity index is 3.57. The van der Waals surface area contributed by atoms with Crippen LogP contribution in [0.3, 0.4) is 0 Å². The second-order valence-corrected chi connectivity index (χ2v) is 3.93. The van der Waals surface area contributed by atoms with Gasteiger partial charge in [-0.15, -0.1) is 0 Å². The highest BCUT2D eigenvalue weighted by Crippen LogP contribution is 2.10. The molecule has 0 fully saturated rings. The molecule has 78 valence electrons. The average molecular weight is 188 g/mol. The molecule has 0 aliphatic heterocycles. The highest BCUT2D eigenvalue weighted by molar-refractivity contribution is 5.73. The second-order valence-electron chi connectivity index (χ2n) is 3.93. The van der Waals surface area contributed by atoms with Gasteiger partial charge < -0.3 is 15.7 Å². The molecule has 0 radical (unpaired) electrons. The van der Waals surface area contributed by atoms with E-state index in [1.165, 1.54) is 0 Å². The molecule has 0 bridgehead atoms. The van der Waals surface area contributed by atoms with Gasteiger partial charge in [0, 0.05) is 25.1 Å². The van der Waals surface area contributed by atoms with Gasteiger partial charge in [-0.3, -0.25) is 0 Å². The van der Waals surface area contributed by atoms with E-state index in [9.17, 15) is 4.79 Å². The molecule has 0 saturated carbocycles. The topological polar surface area (TPSA) is 61.4 Å². The maximum Gasteiger partial charge on any atom is 0.314 e. The van der Waals surface area contributed by atoms with E-state index in [1.807, 2.05) is 20.8 Å². The summed E-state index contributed by atoms with van der Waals surface area (Å²) in [6, 6.07) is -0.164. The first-order valence-corrected chi connectivity index (χ1v) is 4.64. The molecule has 0 saturated heterocycles. The third-order valence-corrected chi connectivity index (χ3v) is 1.69. The van der Waals surface area contributed by atoms with Gasteiger partial charge in [-0.25, -0.2) is 4.79 Å². The van der Waals surface area contributed by atoms with Gasteiger partial charge in [0.1, 0.15) is 0 Å². The van der Waals surface area contributed by atoms with Crippen molar-refractivity contribution in [1.29, 1.82) is 0 Å². The second kappa shape index (κ2) is 5.80. The molecular weight excluding hydrogens is 168 g/mol. The van der Waals surface area contributed by atoms with Crippen molar-refractivity contribution in [2.24, 2.45) is 5.41 Å². The molecule has 0 rings (SSSR count). The Morgan fingerprint density at radius 1 is 1.38 bits per heavy atom. The van der Waals surface area contributed by atoms with E-state index >= 15 is 0 Å². The van der Waals surface area contributed by atoms with Gasteiger partial charge >= 0.3 is 6.03 Å². The first kappa shape index (κ1) is 12.2. The van der Waals surface area contributed by atoms with E-state index in [1.54, 1.807) is 0 Å². The van der Waals surface area contributed by atoms with Crippen molar-refractivity contribution < 1.29 is 9.90 Å². The fourth-order valence-corrected chi connectivity index (χ4v) is 0.676. The largest absolute Gasteiger partial charge is 0.396 e. The van der Waals surface area contributed by atoms with Gasteiger partial charge in [0.25, 0.3) is 0 Å². The number of aliphatic hydroxyl groups is 1. The standard InChI is InChI=1S/C9H20N2O2/c1-4-5-10-8(13)11-6-9(2,3)7-12/h12H,4-7H2,1-3H3,(H2,10,11,13). The lowest BCUT2D eigenvalue weighted by molar-refractivity contribution is 0.157. The number of hydrogen-bond acceptors (Lipinski definition) is 2. The van der Waals surface area contributed by atoms with Crippen molar-refractivity contribution in [2.45, 2.75) is 27.2 Å². The first-order valence-electron chi connectivity index (χ1n) is 4.64. The van der Waals surface area contributed by atoms with Crippen LogP contribution in [0, 0.1) is 5.41 Å². The summed E-state index contributed by atoms with van der Waals surface area (Å²) in [5, 5.41) is 14.3. The third kappa shape index (κ3) is 6.40. The van der Waals surface area contributed by atoms with Crippen LogP contribution in [0.4, 0.5) is 4.79 Å². The molecule has 0 aliphatic rings. The molecule has 13 heavy (non-hydrogen) atoms. The van der Waals surface area contributed by atoms with Crippen molar-refractivity contribution in [3.05, 3.63) is 0 Å². The van der Waals surface area contributed by atoms with Crippen molar-refractivity contribution >= 4 is 6.03 Å². The first-order chi connectivity index (χ1) is 6.02. The highest BCUT2D eigenvalue weighted by atomic mass is 16.3. The van der Waals surface area contributed by atoms with Crippen molar-refractivity contribution in [1.82, 2.24) is 10.6 Å². The SMILES string of the molecule is CCCNC(=O)NCC(C)(C)CO. The molecule has 4 heteroatoms. The van der Waals surface area contributed by atoms with Gasteiger partial charge in [-0.2, -0.15) is 0 Å². The molecule has 0 aromatic rings. The molecule has 0 unspecified atom stereocenters. The van der Waals surface area contributed by atoms with Crippen molar-refractivity contribution in [3.63, 3.8) is 0 Å². The van der Waals surface area contributed by atoms with E-state index in [0.717, 1.165) is 6.42 Å². The summed E-state index contributed by atoms with van der Waals surface area (Å²) in [5.41, 5.74) is -0.246. The van der Waals surface area contributed by atoms with E-state index < -0.39 is 0 Å². The molecule has 0 aliphatic carbocycles. The zero-order valence-corrected chi connectivity index (χ0v) is 8.68. The lowest BCUT2D eigenvalue weighted by Gasteiger charge is -2.21. The van der Waals surface area contributed by atoms with Crippen LogP contribution >= 0.6 is 0 Å². The van der Waals surface area contributed by atoms with Gasteiger partial charge in [-0.1, -0.05) is 20.8 Å². The summed E-state index contributed by atoms with van der Waals surface area (Å²) in [4.78, 5) is 11.1. The summed E-state index contributed by atoms with van der Waals surface area (Å²) in [7, 11) is 0. The minimum atomic E-state index is -0.246. The van der Waals surface area contributed by atoms with Crippen LogP contribution in [0.5, 0.6) is 0 Å². The van der Waals surface area contributed by atoms with Crippen molar-refractivity contribution in [2.75, 3.05) is 19.7 Å². The fourth-order valence-electron chi connectivity index (χ4n) is 0.676. The smallest absolute Gasteiger partial charge is 0.314 e. The average Bonchev–Trinajstić information content (AvgIpc) is 2.11. The number of hydrogen-bond donors (Lipinski definition) is 3. The summed E-state index contributed by atoms with van der Waals surface area (Å²) < 4.78 is 0. The molecule has 4 nitrogen and oxygen atoms in total. The maximum absolute atomic E-state index is 11.1. The van der Waals surface area contributed by atoms with Crippen molar-refractivity contribution in [3.8, 4) is 0 Å². The van der Waals surface area contributed by atoms with Gasteiger partial charge in [0.05, 0.1) is 0 Å². The molecule has 2 amide bonds. The summed E-state index contributed by atoms with van der Waals surface area (Å²) in [6.07, 6.45) is 0.927. The number of rotatable bonds is 5. The van der Waals surface area contributed by atoms with Gasteiger partial charge in [0.2, 0.25) is 0 Å². The molecule has 0 aromatic heterocycles. The lowest BCUT2D eigenvalue weighted by atomic mass is 9.95. The van der Waals surface area contributed by atoms with Crippen LogP contribution in [-0.2, 0) is 0 Å². The monoisotopic (exact) mass is 188 g/mol. The molecule has 0 heterocycles. The number of carbonyl (C=O) groups excluding carboxylic acids is 1. The predicted octanol–water partition coefficient (Wildman–Crippen LogP) is 0.714. The summed E-state index contributed by atoms with van der Waals surface area (Å²) in [5.74, 6) is 0. The van der Waals surface area contributed by atoms with Crippen LogP contribution in [0.1, 0.15) is 27.2 Å². The molecule has 0 atom stereocenters. The van der Waals surface area contributed by atoms with Crippen LogP contribution in [-0.4, -0.2) is 30.8 Å². The van der Waals surface area contributed by atoms with Gasteiger partial charge in [-0.05, 0) is 6.42 Å². The number of nitrogens with one attached hydrogen (secondary N) is 2. The van der Waals surface area contributed by atoms with Crippen LogP contribution in [0.25, 0.3) is 0 Å². The van der Waals surface area contributed by atoms with Crippen LogP contribution in [0.15, 0.2) is 0 Å². The normalized spacial score (nSPS) is 11.1. The van der Waals surface area contributed by atoms with E-state index in [4.69, 9.17) is 5.11 Å². The molecular formula is C9H20N2O2. The van der Waals surface area contributed by atoms with Crippen LogP contribution < -0.4 is 10.6 Å². The number of amides is 2. The predicted molar refractivity (Wildman–Crippen MR) is 52.6 cm³/mol. The number of urea groups is 1. The minimum Gasteiger partial charge on any atom is -0.396 e. The van der Waals surface area contributed by atoms with E-state index in [2.05, 4.69) is 10.6 Å². The summed E-state index contributed by atoms with van der Waals surface area (Å²) >= 11 is 0.